The number of methoxy groups -OCH3 is 1. The van der Waals surface area contributed by atoms with Gasteiger partial charge in [0.15, 0.2) is 23.7 Å². The molecule has 0 bridgehead atoms. The first-order valence-electron chi connectivity index (χ1n) is 14.2. The number of pyridine rings is 2. The highest BCUT2D eigenvalue weighted by Gasteiger charge is 2.52. The zero-order chi connectivity index (χ0) is 31.8. The van der Waals surface area contributed by atoms with Gasteiger partial charge in [-0.15, -0.1) is 5.10 Å². The molecule has 3 aromatic heterocycles. The molecule has 9 nitrogen and oxygen atoms in total. The summed E-state index contributed by atoms with van der Waals surface area (Å²) in [6.45, 7) is 0.188. The number of hydrogen-bond donors (Lipinski definition) is 0. The van der Waals surface area contributed by atoms with E-state index < -0.39 is 53.5 Å². The lowest BCUT2D eigenvalue weighted by Crippen LogP contribution is -2.59. The third-order valence-corrected chi connectivity index (χ3v) is 9.13. The smallest absolute Gasteiger partial charge is 0.194 e. The summed E-state index contributed by atoms with van der Waals surface area (Å²) in [4.78, 5) is 9.52. The third kappa shape index (κ3) is 6.01. The van der Waals surface area contributed by atoms with Crippen LogP contribution in [0.5, 0.6) is 0 Å². The van der Waals surface area contributed by atoms with Gasteiger partial charge in [0.2, 0.25) is 0 Å². The first-order chi connectivity index (χ1) is 22.4. The van der Waals surface area contributed by atoms with Gasteiger partial charge in [0.25, 0.3) is 0 Å². The summed E-state index contributed by atoms with van der Waals surface area (Å²) in [7, 11) is 1.55. The molecule has 0 saturated carbocycles. The summed E-state index contributed by atoms with van der Waals surface area (Å²) in [6, 6.07) is 16.1. The molecule has 0 amide bonds. The monoisotopic (exact) mass is 667 g/mol. The van der Waals surface area contributed by atoms with Crippen LogP contribution in [0.2, 0.25) is 5.02 Å². The minimum Gasteiger partial charge on any atom is -0.375 e. The zero-order valence-corrected chi connectivity index (χ0v) is 25.6. The Morgan fingerprint density at radius 1 is 0.978 bits per heavy atom. The highest BCUT2D eigenvalue weighted by molar-refractivity contribution is 8.00. The lowest BCUT2D eigenvalue weighted by molar-refractivity contribution is -0.308. The third-order valence-electron chi connectivity index (χ3n) is 7.75. The standard InChI is InChI=1S/C32H25ClF3N5O4S/c1-42-30-28(41-15-23(39-40-41)19-10-21(34)26(36)22(35)11-19)29-24(16-43-31(45-29)17-6-3-2-4-7-17)44-32(30)46-25-12-20(33)14-38-27(25)18-8-5-9-37-13-18/h2-15,24,28-32H,16H2,1H3/t24?,28?,29-,30-,31?,32+/m0/s1. The van der Waals surface area contributed by atoms with Crippen molar-refractivity contribution in [3.8, 4) is 22.5 Å². The first kappa shape index (κ1) is 30.8. The second kappa shape index (κ2) is 13.1. The van der Waals surface area contributed by atoms with E-state index in [0.29, 0.717) is 10.7 Å². The molecule has 2 aliphatic rings. The van der Waals surface area contributed by atoms with E-state index in [-0.39, 0.29) is 17.9 Å². The Kier molecular flexibility index (Phi) is 8.77. The quantitative estimate of drug-likeness (QED) is 0.177. The predicted octanol–water partition coefficient (Wildman–Crippen LogP) is 6.66. The Labute approximate surface area is 270 Å². The maximum absolute atomic E-state index is 14.1. The second-order valence-electron chi connectivity index (χ2n) is 10.6. The molecule has 14 heteroatoms. The second-order valence-corrected chi connectivity index (χ2v) is 12.2. The van der Waals surface area contributed by atoms with Crippen molar-refractivity contribution in [3.63, 3.8) is 0 Å². The van der Waals surface area contributed by atoms with Gasteiger partial charge in [0.05, 0.1) is 23.5 Å². The summed E-state index contributed by atoms with van der Waals surface area (Å²) < 4.78 is 68.8. The molecule has 2 saturated heterocycles. The van der Waals surface area contributed by atoms with E-state index >= 15 is 0 Å². The molecular formula is C32H25ClF3N5O4S. The molecule has 236 valence electrons. The molecule has 0 spiro atoms. The molecule has 2 aromatic carbocycles. The van der Waals surface area contributed by atoms with Gasteiger partial charge in [0, 0.05) is 47.3 Å². The summed E-state index contributed by atoms with van der Waals surface area (Å²) in [5.74, 6) is -4.23. The van der Waals surface area contributed by atoms with Crippen molar-refractivity contribution >= 4 is 23.4 Å². The van der Waals surface area contributed by atoms with Crippen LogP contribution in [0.15, 0.2) is 90.3 Å². The van der Waals surface area contributed by atoms with Crippen LogP contribution in [0, 0.1) is 17.5 Å². The van der Waals surface area contributed by atoms with Crippen molar-refractivity contribution in [3.05, 3.63) is 113 Å². The lowest BCUT2D eigenvalue weighted by atomic mass is 9.95. The van der Waals surface area contributed by atoms with E-state index in [1.54, 1.807) is 31.8 Å². The minimum absolute atomic E-state index is 0.0207. The summed E-state index contributed by atoms with van der Waals surface area (Å²) in [6.07, 6.45) is 3.85. The fourth-order valence-electron chi connectivity index (χ4n) is 5.61. The molecule has 46 heavy (non-hydrogen) atoms. The van der Waals surface area contributed by atoms with Gasteiger partial charge in [-0.3, -0.25) is 9.97 Å². The minimum atomic E-state index is -1.56. The Bertz CT molecular complexity index is 1820. The van der Waals surface area contributed by atoms with Crippen LogP contribution >= 0.6 is 23.4 Å². The van der Waals surface area contributed by atoms with Crippen molar-refractivity contribution in [1.82, 2.24) is 25.0 Å². The van der Waals surface area contributed by atoms with Crippen molar-refractivity contribution in [2.75, 3.05) is 13.7 Å². The van der Waals surface area contributed by atoms with Crippen LogP contribution in [-0.4, -0.2) is 62.4 Å². The molecule has 6 atom stereocenters. The number of fused-ring (bicyclic) bond motifs is 1. The molecule has 0 radical (unpaired) electrons. The molecular weight excluding hydrogens is 643 g/mol. The Morgan fingerprint density at radius 2 is 1.78 bits per heavy atom. The first-order valence-corrected chi connectivity index (χ1v) is 15.4. The summed E-state index contributed by atoms with van der Waals surface area (Å²) in [5.41, 5.74) is 1.75. The van der Waals surface area contributed by atoms with Crippen molar-refractivity contribution in [2.24, 2.45) is 0 Å². The molecule has 2 fully saturated rings. The van der Waals surface area contributed by atoms with Crippen LogP contribution in [0.3, 0.4) is 0 Å². The Balaban J connectivity index is 1.27. The average Bonchev–Trinajstić information content (AvgIpc) is 3.57. The van der Waals surface area contributed by atoms with Gasteiger partial charge in [-0.25, -0.2) is 17.9 Å². The fraction of sp³-hybridized carbons (Fsp3) is 0.250. The van der Waals surface area contributed by atoms with E-state index in [4.69, 9.17) is 30.5 Å². The fourth-order valence-corrected chi connectivity index (χ4v) is 7.16. The van der Waals surface area contributed by atoms with Gasteiger partial charge < -0.3 is 18.9 Å². The van der Waals surface area contributed by atoms with Crippen molar-refractivity contribution in [1.29, 1.82) is 0 Å². The predicted molar refractivity (Wildman–Crippen MR) is 162 cm³/mol. The number of benzene rings is 2. The maximum Gasteiger partial charge on any atom is 0.194 e. The molecule has 0 aliphatic carbocycles. The maximum atomic E-state index is 14.1. The molecule has 5 heterocycles. The van der Waals surface area contributed by atoms with E-state index in [1.165, 1.54) is 22.6 Å². The molecule has 5 aromatic rings. The topological polar surface area (TPSA) is 93.4 Å². The molecule has 7 rings (SSSR count). The Morgan fingerprint density at radius 3 is 2.52 bits per heavy atom. The van der Waals surface area contributed by atoms with E-state index in [1.807, 2.05) is 42.5 Å². The van der Waals surface area contributed by atoms with Gasteiger partial charge in [-0.1, -0.05) is 58.9 Å². The SMILES string of the molecule is CO[C@H]1C(n2cc(-c3cc(F)c(F)c(F)c3)nn2)[C@H]2OC(c3ccccc3)OCC2O[C@@H]1Sc1cc(Cl)cnc1-c1cccnc1. The van der Waals surface area contributed by atoms with E-state index in [0.717, 1.165) is 28.2 Å². The highest BCUT2D eigenvalue weighted by atomic mass is 35.5. The number of rotatable bonds is 7. The number of ether oxygens (including phenoxy) is 4. The lowest BCUT2D eigenvalue weighted by Gasteiger charge is -2.48. The molecule has 2 aliphatic heterocycles. The van der Waals surface area contributed by atoms with Gasteiger partial charge in [-0.05, 0) is 30.3 Å². The van der Waals surface area contributed by atoms with E-state index in [2.05, 4.69) is 20.3 Å². The van der Waals surface area contributed by atoms with Gasteiger partial charge >= 0.3 is 0 Å². The number of halogens is 4. The number of hydrogen-bond acceptors (Lipinski definition) is 9. The normalized spacial score (nSPS) is 24.5. The number of aromatic nitrogens is 5. The summed E-state index contributed by atoms with van der Waals surface area (Å²) in [5, 5.41) is 8.93. The van der Waals surface area contributed by atoms with Crippen LogP contribution < -0.4 is 0 Å². The summed E-state index contributed by atoms with van der Waals surface area (Å²) >= 11 is 7.75. The van der Waals surface area contributed by atoms with E-state index in [9.17, 15) is 13.2 Å². The van der Waals surface area contributed by atoms with Gasteiger partial charge in [0.1, 0.15) is 35.5 Å². The molecule has 3 unspecified atom stereocenters. The van der Waals surface area contributed by atoms with Crippen molar-refractivity contribution in [2.45, 2.75) is 41.0 Å². The largest absolute Gasteiger partial charge is 0.375 e. The number of thioether (sulfide) groups is 1. The highest BCUT2D eigenvalue weighted by Crippen LogP contribution is 2.46. The number of nitrogens with zero attached hydrogens (tertiary/aromatic N) is 5. The average molecular weight is 668 g/mol. The van der Waals surface area contributed by atoms with Crippen LogP contribution in [0.25, 0.3) is 22.5 Å². The Hall–Kier alpha value is -3.85. The van der Waals surface area contributed by atoms with Crippen LogP contribution in [-0.2, 0) is 18.9 Å². The molecule has 0 N–H and O–H groups in total. The van der Waals surface area contributed by atoms with Crippen molar-refractivity contribution < 1.29 is 32.1 Å². The zero-order valence-electron chi connectivity index (χ0n) is 24.0. The van der Waals surface area contributed by atoms with Crippen LogP contribution in [0.4, 0.5) is 13.2 Å². The van der Waals surface area contributed by atoms with Crippen LogP contribution in [0.1, 0.15) is 17.9 Å². The van der Waals surface area contributed by atoms with Gasteiger partial charge in [-0.2, -0.15) is 0 Å².